The van der Waals surface area contributed by atoms with Gasteiger partial charge in [0.25, 0.3) is 0 Å². The minimum absolute atomic E-state index is 0.324. The molecule has 3 atom stereocenters. The number of phenolic OH excluding ortho intramolecular Hbond substituents is 1. The Hall–Kier alpha value is -2.99. The first-order valence-corrected chi connectivity index (χ1v) is 13.0. The van der Waals surface area contributed by atoms with Crippen LogP contribution in [0.3, 0.4) is 0 Å². The number of aromatic hydroxyl groups is 1. The normalized spacial score (nSPS) is 23.9. The van der Waals surface area contributed by atoms with E-state index in [1.54, 1.807) is 20.3 Å². The monoisotopic (exact) mass is 473 g/mol. The maximum atomic E-state index is 10.0. The highest BCUT2D eigenvalue weighted by molar-refractivity contribution is 6.06. The molecule has 3 aliphatic heterocycles. The van der Waals surface area contributed by atoms with E-state index in [4.69, 9.17) is 14.5 Å². The molecule has 1 aromatic heterocycles. The minimum Gasteiger partial charge on any atom is -0.508 e. The molecular weight excluding hydrogens is 438 g/mol. The molecule has 4 heterocycles. The van der Waals surface area contributed by atoms with E-state index in [0.29, 0.717) is 23.6 Å². The largest absolute Gasteiger partial charge is 0.508 e. The second-order valence-corrected chi connectivity index (χ2v) is 10.3. The number of piperidine rings is 1. The molecule has 2 aromatic carbocycles. The molecule has 35 heavy (non-hydrogen) atoms. The van der Waals surface area contributed by atoms with Gasteiger partial charge in [0.2, 0.25) is 0 Å². The topological polar surface area (TPSA) is 70.1 Å². The number of aromatic amines is 1. The molecule has 2 N–H and O–H groups in total. The highest BCUT2D eigenvalue weighted by Gasteiger charge is 2.39. The number of rotatable bonds is 5. The van der Waals surface area contributed by atoms with Gasteiger partial charge in [0.15, 0.2) is 11.5 Å². The molecule has 0 amide bonds. The number of H-pyrrole nitrogens is 1. The smallest absolute Gasteiger partial charge is 0.161 e. The summed E-state index contributed by atoms with van der Waals surface area (Å²) in [6, 6.07) is 10.4. The second kappa shape index (κ2) is 8.90. The fraction of sp³-hybridized carbons (Fsp3) is 0.483. The summed E-state index contributed by atoms with van der Waals surface area (Å²) in [4.78, 5) is 11.3. The van der Waals surface area contributed by atoms with Crippen molar-refractivity contribution in [2.45, 2.75) is 45.1 Å². The third kappa shape index (κ3) is 3.79. The molecule has 3 unspecified atom stereocenters. The fourth-order valence-corrected chi connectivity index (χ4v) is 6.75. The summed E-state index contributed by atoms with van der Waals surface area (Å²) in [6.45, 7) is 5.40. The first-order valence-electron chi connectivity index (χ1n) is 13.0. The Bertz CT molecular complexity index is 1290. The van der Waals surface area contributed by atoms with Crippen molar-refractivity contribution >= 4 is 16.6 Å². The molecule has 6 rings (SSSR count). The van der Waals surface area contributed by atoms with E-state index in [-0.39, 0.29) is 0 Å². The Kier molecular flexibility index (Phi) is 5.72. The number of methoxy groups -OCH3 is 2. The predicted molar refractivity (Wildman–Crippen MR) is 139 cm³/mol. The number of nitrogens with zero attached hydrogens (tertiary/aromatic N) is 2. The van der Waals surface area contributed by atoms with Crippen LogP contribution in [0, 0.1) is 11.8 Å². The highest BCUT2D eigenvalue weighted by Crippen LogP contribution is 2.46. The highest BCUT2D eigenvalue weighted by atomic mass is 16.5. The lowest BCUT2D eigenvalue weighted by molar-refractivity contribution is 0.0546. The van der Waals surface area contributed by atoms with Crippen molar-refractivity contribution in [3.8, 4) is 17.2 Å². The van der Waals surface area contributed by atoms with Crippen molar-refractivity contribution in [3.05, 3.63) is 52.7 Å². The van der Waals surface area contributed by atoms with Crippen LogP contribution in [0.15, 0.2) is 35.3 Å². The van der Waals surface area contributed by atoms with Crippen LogP contribution in [-0.4, -0.2) is 54.6 Å². The van der Waals surface area contributed by atoms with E-state index < -0.39 is 0 Å². The summed E-state index contributed by atoms with van der Waals surface area (Å²) in [6.07, 6.45) is 5.31. The maximum Gasteiger partial charge on any atom is 0.161 e. The molecule has 3 aliphatic rings. The summed E-state index contributed by atoms with van der Waals surface area (Å²) in [5.74, 6) is 3.21. The number of aliphatic imine (C=N–C) groups is 1. The van der Waals surface area contributed by atoms with Gasteiger partial charge in [0.05, 0.1) is 25.6 Å². The number of fused-ring (bicyclic) bond motifs is 6. The fourth-order valence-electron chi connectivity index (χ4n) is 6.75. The standard InChI is InChI=1S/C29H35N3O3/c1-4-17-16-32-10-8-18-13-27(34-2)28(35-3)15-22(18)26(32)12-19(17)11-25-29-21(7-9-30-25)23-14-20(33)5-6-24(23)31-29/h5-6,13-15,17,19,26,31,33H,4,7-12,16H2,1-3H3. The van der Waals surface area contributed by atoms with E-state index in [9.17, 15) is 5.11 Å². The van der Waals surface area contributed by atoms with E-state index in [1.165, 1.54) is 34.5 Å². The van der Waals surface area contributed by atoms with E-state index >= 15 is 0 Å². The third-order valence-corrected chi connectivity index (χ3v) is 8.60. The Morgan fingerprint density at radius 1 is 1.09 bits per heavy atom. The van der Waals surface area contributed by atoms with Crippen LogP contribution in [0.1, 0.15) is 54.6 Å². The molecule has 0 spiro atoms. The van der Waals surface area contributed by atoms with Crippen molar-refractivity contribution in [2.75, 3.05) is 33.9 Å². The predicted octanol–water partition coefficient (Wildman–Crippen LogP) is 5.27. The molecule has 3 aromatic rings. The van der Waals surface area contributed by atoms with Crippen LogP contribution in [0.4, 0.5) is 0 Å². The quantitative estimate of drug-likeness (QED) is 0.530. The number of hydrogen-bond donors (Lipinski definition) is 2. The van der Waals surface area contributed by atoms with Gasteiger partial charge in [-0.15, -0.1) is 0 Å². The van der Waals surface area contributed by atoms with Crippen LogP contribution >= 0.6 is 0 Å². The van der Waals surface area contributed by atoms with Gasteiger partial charge in [-0.3, -0.25) is 9.89 Å². The van der Waals surface area contributed by atoms with Gasteiger partial charge in [0, 0.05) is 36.6 Å². The molecule has 0 saturated carbocycles. The number of benzene rings is 2. The molecule has 0 bridgehead atoms. The first kappa shape index (κ1) is 22.5. The molecular formula is C29H35N3O3. The van der Waals surface area contributed by atoms with Crippen LogP contribution in [0.5, 0.6) is 17.2 Å². The summed E-state index contributed by atoms with van der Waals surface area (Å²) in [7, 11) is 3.44. The minimum atomic E-state index is 0.324. The van der Waals surface area contributed by atoms with Crippen molar-refractivity contribution < 1.29 is 14.6 Å². The number of ether oxygens (including phenoxy) is 2. The number of hydrogen-bond acceptors (Lipinski definition) is 5. The SMILES string of the molecule is CCC1CN2CCc3cc(OC)c(OC)cc3C2CC1CC1=NCCc2c1[nH]c1ccc(O)cc21. The lowest BCUT2D eigenvalue weighted by Crippen LogP contribution is -2.46. The lowest BCUT2D eigenvalue weighted by Gasteiger charge is -2.47. The van der Waals surface area contributed by atoms with Gasteiger partial charge in [-0.2, -0.15) is 0 Å². The second-order valence-electron chi connectivity index (χ2n) is 10.3. The van der Waals surface area contributed by atoms with Gasteiger partial charge >= 0.3 is 0 Å². The molecule has 0 radical (unpaired) electrons. The Morgan fingerprint density at radius 2 is 1.91 bits per heavy atom. The molecule has 6 nitrogen and oxygen atoms in total. The average molecular weight is 474 g/mol. The van der Waals surface area contributed by atoms with Crippen LogP contribution in [0.2, 0.25) is 0 Å². The number of nitrogens with one attached hydrogen (secondary N) is 1. The molecule has 184 valence electrons. The zero-order valence-corrected chi connectivity index (χ0v) is 20.9. The van der Waals surface area contributed by atoms with Crippen LogP contribution < -0.4 is 9.47 Å². The van der Waals surface area contributed by atoms with E-state index in [2.05, 4.69) is 28.9 Å². The van der Waals surface area contributed by atoms with E-state index in [1.807, 2.05) is 12.1 Å². The number of aromatic nitrogens is 1. The van der Waals surface area contributed by atoms with Gasteiger partial charge in [-0.05, 0) is 84.5 Å². The number of phenols is 1. The van der Waals surface area contributed by atoms with Crippen LogP contribution in [-0.2, 0) is 12.8 Å². The Morgan fingerprint density at radius 3 is 2.71 bits per heavy atom. The summed E-state index contributed by atoms with van der Waals surface area (Å²) in [5.41, 5.74) is 7.59. The average Bonchev–Trinajstić information content (AvgIpc) is 3.26. The molecule has 1 saturated heterocycles. The van der Waals surface area contributed by atoms with Crippen molar-refractivity contribution in [2.24, 2.45) is 16.8 Å². The summed E-state index contributed by atoms with van der Waals surface area (Å²) >= 11 is 0. The zero-order chi connectivity index (χ0) is 24.1. The molecule has 1 fully saturated rings. The van der Waals surface area contributed by atoms with Gasteiger partial charge < -0.3 is 19.6 Å². The molecule has 0 aliphatic carbocycles. The van der Waals surface area contributed by atoms with Crippen molar-refractivity contribution in [3.63, 3.8) is 0 Å². The zero-order valence-electron chi connectivity index (χ0n) is 20.9. The first-order chi connectivity index (χ1) is 17.1. The van der Waals surface area contributed by atoms with Gasteiger partial charge in [-0.25, -0.2) is 0 Å². The summed E-state index contributed by atoms with van der Waals surface area (Å²) in [5, 5.41) is 11.2. The maximum absolute atomic E-state index is 10.0. The van der Waals surface area contributed by atoms with Gasteiger partial charge in [0.1, 0.15) is 5.75 Å². The third-order valence-electron chi connectivity index (χ3n) is 8.60. The summed E-state index contributed by atoms with van der Waals surface area (Å²) < 4.78 is 11.3. The van der Waals surface area contributed by atoms with Crippen molar-refractivity contribution in [1.29, 1.82) is 0 Å². The lowest BCUT2D eigenvalue weighted by atomic mass is 9.73. The van der Waals surface area contributed by atoms with Crippen LogP contribution in [0.25, 0.3) is 10.9 Å². The van der Waals surface area contributed by atoms with E-state index in [0.717, 1.165) is 67.7 Å². The molecule has 6 heteroatoms. The Labute approximate surface area is 207 Å². The van der Waals surface area contributed by atoms with Crippen molar-refractivity contribution in [1.82, 2.24) is 9.88 Å². The van der Waals surface area contributed by atoms with Gasteiger partial charge in [-0.1, -0.05) is 13.3 Å². The Balaban J connectivity index is 1.32.